The number of ether oxygens (including phenoxy) is 1. The number of sulfonamides is 1. The zero-order valence-electron chi connectivity index (χ0n) is 18.0. The maximum atomic E-state index is 13.0. The molecule has 174 valence electrons. The molecule has 1 heterocycles. The molecule has 2 unspecified atom stereocenters. The first-order chi connectivity index (χ1) is 15.2. The van der Waals surface area contributed by atoms with Crippen LogP contribution < -0.4 is 5.32 Å². The van der Waals surface area contributed by atoms with Crippen molar-refractivity contribution >= 4 is 43.5 Å². The number of hydrogen-bond acceptors (Lipinski definition) is 5. The summed E-state index contributed by atoms with van der Waals surface area (Å²) in [5.41, 5.74) is -0.0991. The minimum Gasteiger partial charge on any atom is -0.455 e. The van der Waals surface area contributed by atoms with Gasteiger partial charge in [-0.3, -0.25) is 9.59 Å². The molecule has 2 atom stereocenters. The van der Waals surface area contributed by atoms with Gasteiger partial charge in [0.1, 0.15) is 0 Å². The van der Waals surface area contributed by atoms with Crippen LogP contribution in [0.3, 0.4) is 0 Å². The number of rotatable bonds is 6. The summed E-state index contributed by atoms with van der Waals surface area (Å²) in [6.45, 7) is 0.677. The van der Waals surface area contributed by atoms with Gasteiger partial charge >= 0.3 is 5.97 Å². The quantitative estimate of drug-likeness (QED) is 0.452. The lowest BCUT2D eigenvalue weighted by atomic mass is 9.49. The monoisotopic (exact) mass is 524 g/mol. The van der Waals surface area contributed by atoms with Crippen LogP contribution in [0.25, 0.3) is 0 Å². The predicted octanol–water partition coefficient (Wildman–Crippen LogP) is 3.69. The number of nitrogens with one attached hydrogen (secondary N) is 1. The van der Waals surface area contributed by atoms with Crippen molar-refractivity contribution in [1.29, 1.82) is 0 Å². The highest BCUT2D eigenvalue weighted by Gasteiger charge is 2.60. The second-order valence-electron chi connectivity index (χ2n) is 10.2. The molecule has 1 aliphatic heterocycles. The predicted molar refractivity (Wildman–Crippen MR) is 123 cm³/mol. The van der Waals surface area contributed by atoms with Crippen LogP contribution >= 0.6 is 15.9 Å². The average molecular weight is 525 g/mol. The van der Waals surface area contributed by atoms with Gasteiger partial charge in [0.05, 0.1) is 10.3 Å². The Bertz CT molecular complexity index is 1020. The lowest BCUT2D eigenvalue weighted by molar-refractivity contribution is -0.170. The lowest BCUT2D eigenvalue weighted by Gasteiger charge is -2.58. The van der Waals surface area contributed by atoms with Crippen LogP contribution in [0, 0.1) is 17.3 Å². The summed E-state index contributed by atoms with van der Waals surface area (Å²) in [6.07, 6.45) is 7.65. The van der Waals surface area contributed by atoms with Gasteiger partial charge < -0.3 is 10.1 Å². The highest BCUT2D eigenvalue weighted by molar-refractivity contribution is 9.10. The molecule has 5 fully saturated rings. The number of benzene rings is 1. The van der Waals surface area contributed by atoms with Gasteiger partial charge in [-0.1, -0.05) is 22.0 Å². The van der Waals surface area contributed by atoms with Crippen molar-refractivity contribution < 1.29 is 22.7 Å². The van der Waals surface area contributed by atoms with Crippen molar-refractivity contribution in [2.24, 2.45) is 17.3 Å². The topological polar surface area (TPSA) is 92.8 Å². The van der Waals surface area contributed by atoms with E-state index in [1.165, 1.54) is 22.9 Å². The Morgan fingerprint density at radius 3 is 2.47 bits per heavy atom. The first kappa shape index (κ1) is 22.3. The smallest absolute Gasteiger partial charge is 0.312 e. The average Bonchev–Trinajstić information content (AvgIpc) is 3.26. The minimum absolute atomic E-state index is 0.0413. The molecule has 0 aromatic heterocycles. The molecule has 0 spiro atoms. The third-order valence-corrected chi connectivity index (χ3v) is 10.4. The van der Waals surface area contributed by atoms with Gasteiger partial charge in [-0.15, -0.1) is 0 Å². The fraction of sp³-hybridized carbons (Fsp3) is 0.652. The zero-order chi connectivity index (χ0) is 22.6. The van der Waals surface area contributed by atoms with Gasteiger partial charge in [-0.05, 0) is 81.4 Å². The number of halogens is 1. The van der Waals surface area contributed by atoms with Crippen LogP contribution in [0.15, 0.2) is 29.2 Å². The third-order valence-electron chi connectivity index (χ3n) is 7.58. The summed E-state index contributed by atoms with van der Waals surface area (Å²) in [7, 11) is -3.56. The van der Waals surface area contributed by atoms with Crippen LogP contribution in [0.2, 0.25) is 0 Å². The number of nitrogens with zero attached hydrogens (tertiary/aromatic N) is 1. The third kappa shape index (κ3) is 4.12. The molecule has 32 heavy (non-hydrogen) atoms. The Kier molecular flexibility index (Phi) is 5.65. The maximum absolute atomic E-state index is 13.0. The van der Waals surface area contributed by atoms with E-state index < -0.39 is 21.3 Å². The van der Waals surface area contributed by atoms with E-state index >= 15 is 0 Å². The summed E-state index contributed by atoms with van der Waals surface area (Å²) >= 11 is 3.89. The second kappa shape index (κ2) is 8.09. The molecule has 1 amide bonds. The maximum Gasteiger partial charge on any atom is 0.312 e. The molecule has 1 N–H and O–H groups in total. The molecule has 5 aliphatic rings. The van der Waals surface area contributed by atoms with Gasteiger partial charge in [0, 0.05) is 23.1 Å². The second-order valence-corrected chi connectivity index (χ2v) is 13.8. The molecular formula is C23H29BrN2O5S. The Morgan fingerprint density at radius 2 is 1.81 bits per heavy atom. The highest BCUT2D eigenvalue weighted by atomic mass is 79.9. The van der Waals surface area contributed by atoms with Crippen molar-refractivity contribution in [3.63, 3.8) is 0 Å². The largest absolute Gasteiger partial charge is 0.455 e. The van der Waals surface area contributed by atoms with E-state index in [4.69, 9.17) is 4.74 Å². The number of carbonyl (C=O) groups is 2. The first-order valence-electron chi connectivity index (χ1n) is 11.4. The van der Waals surface area contributed by atoms with Crippen molar-refractivity contribution in [2.45, 2.75) is 60.6 Å². The van der Waals surface area contributed by atoms with Gasteiger partial charge in [0.2, 0.25) is 10.0 Å². The van der Waals surface area contributed by atoms with Crippen LogP contribution in [-0.4, -0.2) is 48.6 Å². The summed E-state index contributed by atoms with van der Waals surface area (Å²) in [6, 6.07) is 6.24. The summed E-state index contributed by atoms with van der Waals surface area (Å²) < 4.78 is 32.5. The Hall–Kier alpha value is -1.45. The highest BCUT2D eigenvalue weighted by Crippen LogP contribution is 2.64. The van der Waals surface area contributed by atoms with Gasteiger partial charge in [-0.25, -0.2) is 8.42 Å². The summed E-state index contributed by atoms with van der Waals surface area (Å²) in [5, 5.41) is 2.67. The van der Waals surface area contributed by atoms with E-state index in [1.54, 1.807) is 12.1 Å². The number of hydrogen-bond donors (Lipinski definition) is 1. The number of esters is 1. The molecule has 9 heteroatoms. The number of alkyl halides is 1. The number of carbonyl (C=O) groups excluding carboxylic acids is 2. The van der Waals surface area contributed by atoms with Crippen molar-refractivity contribution in [1.82, 2.24) is 4.31 Å². The Balaban J connectivity index is 1.20. The summed E-state index contributed by atoms with van der Waals surface area (Å²) in [5.74, 6) is 0.373. The van der Waals surface area contributed by atoms with Crippen LogP contribution in [0.5, 0.6) is 0 Å². The molecule has 7 nitrogen and oxygen atoms in total. The molecule has 1 saturated heterocycles. The normalized spacial score (nSPS) is 33.9. The molecule has 1 aromatic carbocycles. The van der Waals surface area contributed by atoms with E-state index in [2.05, 4.69) is 21.2 Å². The van der Waals surface area contributed by atoms with E-state index in [0.717, 1.165) is 44.9 Å². The lowest BCUT2D eigenvalue weighted by Crippen LogP contribution is -2.56. The molecule has 4 bridgehead atoms. The van der Waals surface area contributed by atoms with Crippen molar-refractivity contribution in [3.05, 3.63) is 24.3 Å². The first-order valence-corrected chi connectivity index (χ1v) is 13.7. The van der Waals surface area contributed by atoms with Gasteiger partial charge in [0.15, 0.2) is 6.61 Å². The standard InChI is InChI=1S/C23H29BrN2O5S/c24-23-12-16-8-17(13-23)11-22(10-16,15-23)21(28)31-14-20(27)25-18-4-3-5-19(9-18)32(29,30)26-6-1-2-7-26/h3-5,9,16-17H,1-2,6-8,10-15H2,(H,25,27). The van der Waals surface area contributed by atoms with E-state index in [-0.39, 0.29) is 21.8 Å². The molecule has 0 radical (unpaired) electrons. The minimum atomic E-state index is -3.56. The fourth-order valence-corrected chi connectivity index (χ4v) is 9.70. The molecule has 6 rings (SSSR count). The fourth-order valence-electron chi connectivity index (χ4n) is 6.68. The van der Waals surface area contributed by atoms with Gasteiger partial charge in [0.25, 0.3) is 5.91 Å². The van der Waals surface area contributed by atoms with Crippen molar-refractivity contribution in [2.75, 3.05) is 25.0 Å². The molecule has 4 aliphatic carbocycles. The molecular weight excluding hydrogens is 496 g/mol. The molecule has 1 aromatic rings. The van der Waals surface area contributed by atoms with Crippen LogP contribution in [0.4, 0.5) is 5.69 Å². The van der Waals surface area contributed by atoms with Gasteiger partial charge in [-0.2, -0.15) is 4.31 Å². The Labute approximate surface area is 197 Å². The van der Waals surface area contributed by atoms with Crippen LogP contribution in [-0.2, 0) is 24.3 Å². The number of anilines is 1. The van der Waals surface area contributed by atoms with E-state index in [1.807, 2.05) is 0 Å². The van der Waals surface area contributed by atoms with E-state index in [0.29, 0.717) is 30.6 Å². The Morgan fingerprint density at radius 1 is 1.12 bits per heavy atom. The zero-order valence-corrected chi connectivity index (χ0v) is 20.4. The summed E-state index contributed by atoms with van der Waals surface area (Å²) in [4.78, 5) is 25.6. The molecule has 4 saturated carbocycles. The van der Waals surface area contributed by atoms with Crippen LogP contribution in [0.1, 0.15) is 51.4 Å². The van der Waals surface area contributed by atoms with E-state index in [9.17, 15) is 18.0 Å². The SMILES string of the molecule is O=C(COC(=O)C12CC3CC(CC(Br)(C3)C1)C2)Nc1cccc(S(=O)(=O)N2CCCC2)c1. The number of amides is 1. The van der Waals surface area contributed by atoms with Crippen molar-refractivity contribution in [3.8, 4) is 0 Å².